The molecule has 0 aromatic heterocycles. The van der Waals surface area contributed by atoms with E-state index >= 15 is 0 Å². The highest BCUT2D eigenvalue weighted by atomic mass is 16.5. The highest BCUT2D eigenvalue weighted by molar-refractivity contribution is 5.89. The lowest BCUT2D eigenvalue weighted by atomic mass is 9.52. The maximum atomic E-state index is 12.5. The minimum absolute atomic E-state index is 0.0945. The number of hydrogen-bond acceptors (Lipinski definition) is 4. The van der Waals surface area contributed by atoms with Crippen LogP contribution in [0.25, 0.3) is 0 Å². The van der Waals surface area contributed by atoms with Gasteiger partial charge in [0.1, 0.15) is 0 Å². The van der Waals surface area contributed by atoms with Crippen LogP contribution in [0.1, 0.15) is 30.4 Å². The molecule has 4 heteroatoms. The molecule has 1 aromatic rings. The van der Waals surface area contributed by atoms with Gasteiger partial charge in [0, 0.05) is 23.4 Å². The third-order valence-electron chi connectivity index (χ3n) is 6.12. The first-order valence-electron chi connectivity index (χ1n) is 7.89. The van der Waals surface area contributed by atoms with E-state index in [1.165, 1.54) is 11.1 Å². The van der Waals surface area contributed by atoms with Crippen molar-refractivity contribution < 1.29 is 14.3 Å². The number of nitrogens with one attached hydrogen (secondary N) is 1. The van der Waals surface area contributed by atoms with Crippen molar-refractivity contribution in [2.45, 2.75) is 43.2 Å². The molecule has 4 atom stereocenters. The zero-order chi connectivity index (χ0) is 14.2. The Kier molecular flexibility index (Phi) is 2.18. The number of hydrogen-bond donors (Lipinski definition) is 1. The lowest BCUT2D eigenvalue weighted by molar-refractivity contribution is -0.135. The Balaban J connectivity index is 1.83. The molecule has 2 fully saturated rings. The van der Waals surface area contributed by atoms with Crippen molar-refractivity contribution in [2.75, 3.05) is 13.7 Å². The van der Waals surface area contributed by atoms with Crippen molar-refractivity contribution >= 4 is 5.78 Å². The lowest BCUT2D eigenvalue weighted by Gasteiger charge is -2.54. The molecule has 2 aliphatic carbocycles. The van der Waals surface area contributed by atoms with Crippen LogP contribution in [0.2, 0.25) is 0 Å². The second kappa shape index (κ2) is 3.80. The molecule has 4 nitrogen and oxygen atoms in total. The molecule has 0 amide bonds. The van der Waals surface area contributed by atoms with Gasteiger partial charge < -0.3 is 14.8 Å². The molecule has 5 rings (SSSR count). The van der Waals surface area contributed by atoms with Gasteiger partial charge in [0.25, 0.3) is 0 Å². The summed E-state index contributed by atoms with van der Waals surface area (Å²) >= 11 is 0. The van der Waals surface area contributed by atoms with Crippen LogP contribution in [0.15, 0.2) is 12.1 Å². The van der Waals surface area contributed by atoms with Gasteiger partial charge >= 0.3 is 0 Å². The summed E-state index contributed by atoms with van der Waals surface area (Å²) in [7, 11) is 1.68. The van der Waals surface area contributed by atoms with E-state index in [1.54, 1.807) is 7.11 Å². The van der Waals surface area contributed by atoms with Crippen LogP contribution in [0.5, 0.6) is 11.5 Å². The van der Waals surface area contributed by atoms with Gasteiger partial charge in [-0.2, -0.15) is 0 Å². The zero-order valence-electron chi connectivity index (χ0n) is 12.1. The molecule has 1 N–H and O–H groups in total. The summed E-state index contributed by atoms with van der Waals surface area (Å²) < 4.78 is 11.7. The second-order valence-electron chi connectivity index (χ2n) is 6.80. The van der Waals surface area contributed by atoms with Gasteiger partial charge in [-0.1, -0.05) is 6.07 Å². The first kappa shape index (κ1) is 12.0. The van der Waals surface area contributed by atoms with Crippen molar-refractivity contribution in [1.82, 2.24) is 5.32 Å². The normalized spacial score (nSPS) is 38.7. The van der Waals surface area contributed by atoms with Gasteiger partial charge in [-0.05, 0) is 43.4 Å². The van der Waals surface area contributed by atoms with E-state index in [2.05, 4.69) is 11.4 Å². The molecule has 4 aliphatic rings. The highest BCUT2D eigenvalue weighted by Gasteiger charge is 2.64. The summed E-state index contributed by atoms with van der Waals surface area (Å²) in [6.45, 7) is 0.977. The van der Waals surface area contributed by atoms with Crippen molar-refractivity contribution in [2.24, 2.45) is 5.92 Å². The van der Waals surface area contributed by atoms with E-state index in [0.29, 0.717) is 18.4 Å². The third kappa shape index (κ3) is 1.24. The Morgan fingerprint density at radius 1 is 1.43 bits per heavy atom. The predicted octanol–water partition coefficient (Wildman–Crippen LogP) is 1.59. The quantitative estimate of drug-likeness (QED) is 0.851. The maximum Gasteiger partial charge on any atom is 0.174 e. The minimum Gasteiger partial charge on any atom is -0.493 e. The molecule has 2 aliphatic heterocycles. The average molecular weight is 285 g/mol. The third-order valence-corrected chi connectivity index (χ3v) is 6.12. The molecule has 3 unspecified atom stereocenters. The highest BCUT2D eigenvalue weighted by Crippen LogP contribution is 2.61. The SMILES string of the molecule is COc1ccc2c3c1OC1C(=O)CCC4C(C2)NCC[C@@]314. The molecule has 21 heavy (non-hydrogen) atoms. The van der Waals surface area contributed by atoms with Crippen molar-refractivity contribution in [1.29, 1.82) is 0 Å². The Bertz CT molecular complexity index is 656. The van der Waals surface area contributed by atoms with Crippen molar-refractivity contribution in [3.63, 3.8) is 0 Å². The fraction of sp³-hybridized carbons (Fsp3) is 0.588. The van der Waals surface area contributed by atoms with Crippen LogP contribution in [-0.4, -0.2) is 31.6 Å². The van der Waals surface area contributed by atoms with E-state index in [9.17, 15) is 4.79 Å². The number of piperidine rings is 1. The summed E-state index contributed by atoms with van der Waals surface area (Å²) in [4.78, 5) is 12.5. The van der Waals surface area contributed by atoms with Gasteiger partial charge in [-0.25, -0.2) is 0 Å². The first-order chi connectivity index (χ1) is 10.3. The van der Waals surface area contributed by atoms with Crippen molar-refractivity contribution in [3.8, 4) is 11.5 Å². The largest absolute Gasteiger partial charge is 0.493 e. The van der Waals surface area contributed by atoms with Gasteiger partial charge in [-0.3, -0.25) is 4.79 Å². The number of benzene rings is 1. The van der Waals surface area contributed by atoms with Crippen LogP contribution < -0.4 is 14.8 Å². The number of ether oxygens (including phenoxy) is 2. The number of Topliss-reactive ketones (excluding diaryl/α,β-unsaturated/α-hetero) is 1. The van der Waals surface area contributed by atoms with E-state index in [4.69, 9.17) is 9.47 Å². The summed E-state index contributed by atoms with van der Waals surface area (Å²) in [6.07, 6.45) is 3.40. The fourth-order valence-corrected chi connectivity index (χ4v) is 5.40. The number of carbonyl (C=O) groups excluding carboxylic acids is 1. The smallest absolute Gasteiger partial charge is 0.174 e. The van der Waals surface area contributed by atoms with Crippen LogP contribution in [0.4, 0.5) is 0 Å². The van der Waals surface area contributed by atoms with Crippen LogP contribution in [-0.2, 0) is 16.6 Å². The minimum atomic E-state index is -0.286. The maximum absolute atomic E-state index is 12.5. The topological polar surface area (TPSA) is 47.6 Å². The summed E-state index contributed by atoms with van der Waals surface area (Å²) in [6, 6.07) is 4.65. The standard InChI is InChI=1S/C17H19NO3/c1-20-13-5-2-9-8-11-10-3-4-12(19)16-17(10,6-7-18-11)14(9)15(13)21-16/h2,5,10-11,16,18H,3-4,6-8H2,1H3/t10?,11?,16?,17-/m1/s1. The summed E-state index contributed by atoms with van der Waals surface area (Å²) in [5, 5.41) is 3.67. The van der Waals surface area contributed by atoms with Gasteiger partial charge in [0.15, 0.2) is 23.4 Å². The second-order valence-corrected chi connectivity index (χ2v) is 6.80. The van der Waals surface area contributed by atoms with E-state index < -0.39 is 0 Å². The van der Waals surface area contributed by atoms with E-state index in [-0.39, 0.29) is 17.3 Å². The molecular formula is C17H19NO3. The Labute approximate surface area is 123 Å². The molecular weight excluding hydrogens is 266 g/mol. The summed E-state index contributed by atoms with van der Waals surface area (Å²) in [5.41, 5.74) is 2.54. The van der Waals surface area contributed by atoms with E-state index in [1.807, 2.05) is 6.07 Å². The first-order valence-corrected chi connectivity index (χ1v) is 7.89. The van der Waals surface area contributed by atoms with Crippen LogP contribution in [0.3, 0.4) is 0 Å². The average Bonchev–Trinajstić information content (AvgIpc) is 2.83. The van der Waals surface area contributed by atoms with Crippen LogP contribution >= 0.6 is 0 Å². The lowest BCUT2D eigenvalue weighted by Crippen LogP contribution is -2.65. The number of methoxy groups -OCH3 is 1. The molecule has 1 spiro atoms. The molecule has 1 aromatic carbocycles. The Morgan fingerprint density at radius 3 is 3.19 bits per heavy atom. The molecule has 0 radical (unpaired) electrons. The van der Waals surface area contributed by atoms with Gasteiger partial charge in [-0.15, -0.1) is 0 Å². The van der Waals surface area contributed by atoms with Crippen LogP contribution in [0, 0.1) is 5.92 Å². The molecule has 2 heterocycles. The fourth-order valence-electron chi connectivity index (χ4n) is 5.40. The number of carbonyl (C=O) groups is 1. The Morgan fingerprint density at radius 2 is 2.33 bits per heavy atom. The van der Waals surface area contributed by atoms with E-state index in [0.717, 1.165) is 37.3 Å². The molecule has 1 saturated carbocycles. The molecule has 2 bridgehead atoms. The van der Waals surface area contributed by atoms with Gasteiger partial charge in [0.2, 0.25) is 0 Å². The Hall–Kier alpha value is -1.55. The number of rotatable bonds is 1. The van der Waals surface area contributed by atoms with Crippen molar-refractivity contribution in [3.05, 3.63) is 23.3 Å². The zero-order valence-corrected chi connectivity index (χ0v) is 12.1. The molecule has 110 valence electrons. The predicted molar refractivity (Wildman–Crippen MR) is 76.9 cm³/mol. The number of ketones is 1. The van der Waals surface area contributed by atoms with Gasteiger partial charge in [0.05, 0.1) is 7.11 Å². The summed E-state index contributed by atoms with van der Waals surface area (Å²) in [5.74, 6) is 2.43. The monoisotopic (exact) mass is 285 g/mol. The molecule has 1 saturated heterocycles.